The van der Waals surface area contributed by atoms with Crippen molar-refractivity contribution in [3.8, 4) is 0 Å². The number of aromatic nitrogens is 2. The standard InChI is InChI=1S/C24H32AsClN5O/c1-3-31-12-10-16-8-9-18(14-17(16)11-13-31)29-24-28-15-21(26)22(30-24)25-20-7-5-4-6-19(20)23(32)27-2/h8-9,14-15,19-20H,3-7,10-13H2,1-2H3,(H,27,32)(H,28,29,30)/t19-,20+/m0/s1. The number of anilines is 2. The molecule has 4 rings (SSSR count). The van der Waals surface area contributed by atoms with E-state index in [2.05, 4.69) is 45.6 Å². The third-order valence-corrected chi connectivity index (χ3v) is 10.4. The van der Waals surface area contributed by atoms with Crippen molar-refractivity contribution in [2.75, 3.05) is 32.0 Å². The molecule has 2 heterocycles. The molecule has 2 N–H and O–H groups in total. The topological polar surface area (TPSA) is 70.2 Å². The van der Waals surface area contributed by atoms with E-state index in [1.807, 2.05) is 0 Å². The van der Waals surface area contributed by atoms with E-state index in [1.54, 1.807) is 13.2 Å². The second kappa shape index (κ2) is 11.0. The van der Waals surface area contributed by atoms with Crippen molar-refractivity contribution < 1.29 is 4.79 Å². The van der Waals surface area contributed by atoms with Crippen LogP contribution in [0.2, 0.25) is 9.73 Å². The number of nitrogens with one attached hydrogen (secondary N) is 2. The summed E-state index contributed by atoms with van der Waals surface area (Å²) in [6.45, 7) is 5.56. The Kier molecular flexibility index (Phi) is 8.09. The molecular formula is C24H32AsClN5O. The molecular weight excluding hydrogens is 485 g/mol. The number of hydrogen-bond acceptors (Lipinski definition) is 5. The molecule has 0 spiro atoms. The Hall–Kier alpha value is -1.62. The van der Waals surface area contributed by atoms with Gasteiger partial charge in [-0.2, -0.15) is 0 Å². The number of rotatable bonds is 6. The summed E-state index contributed by atoms with van der Waals surface area (Å²) in [5.41, 5.74) is 3.85. The number of carbonyl (C=O) groups is 1. The fourth-order valence-corrected chi connectivity index (χ4v) is 8.05. The molecule has 1 radical (unpaired) electrons. The summed E-state index contributed by atoms with van der Waals surface area (Å²) in [4.78, 5) is 24.1. The Labute approximate surface area is 202 Å². The second-order valence-corrected chi connectivity index (χ2v) is 11.8. The summed E-state index contributed by atoms with van der Waals surface area (Å²) in [5, 5.41) is 6.84. The minimum absolute atomic E-state index is 0.0726. The Morgan fingerprint density at radius 1 is 1.22 bits per heavy atom. The van der Waals surface area contributed by atoms with Crippen molar-refractivity contribution in [2.24, 2.45) is 5.92 Å². The summed E-state index contributed by atoms with van der Waals surface area (Å²) in [6, 6.07) is 6.59. The zero-order valence-electron chi connectivity index (χ0n) is 18.9. The molecule has 1 amide bonds. The number of likely N-dealkylation sites (N-methyl/N-ethyl adjacent to an activating group) is 1. The molecule has 1 aromatic heterocycles. The van der Waals surface area contributed by atoms with E-state index in [-0.39, 0.29) is 27.6 Å². The summed E-state index contributed by atoms with van der Waals surface area (Å²) in [5.74, 6) is 0.805. The van der Waals surface area contributed by atoms with Crippen molar-refractivity contribution >= 4 is 49.4 Å². The van der Waals surface area contributed by atoms with Gasteiger partial charge in [0.15, 0.2) is 0 Å². The van der Waals surface area contributed by atoms with E-state index in [4.69, 9.17) is 16.6 Å². The van der Waals surface area contributed by atoms with E-state index >= 15 is 0 Å². The van der Waals surface area contributed by atoms with Gasteiger partial charge in [0.05, 0.1) is 0 Å². The molecule has 1 aliphatic carbocycles. The molecule has 8 heteroatoms. The Morgan fingerprint density at radius 2 is 2.00 bits per heavy atom. The van der Waals surface area contributed by atoms with Gasteiger partial charge in [-0.25, -0.2) is 0 Å². The minimum atomic E-state index is -0.321. The van der Waals surface area contributed by atoms with E-state index in [9.17, 15) is 4.79 Å². The second-order valence-electron chi connectivity index (χ2n) is 8.61. The first-order valence-corrected chi connectivity index (χ1v) is 14.0. The maximum atomic E-state index is 12.4. The number of amides is 1. The predicted octanol–water partition coefficient (Wildman–Crippen LogP) is 3.35. The Bertz CT molecular complexity index is 956. The quantitative estimate of drug-likeness (QED) is 0.576. The van der Waals surface area contributed by atoms with Gasteiger partial charge in [0.1, 0.15) is 0 Å². The van der Waals surface area contributed by atoms with Crippen LogP contribution in [0.25, 0.3) is 0 Å². The first kappa shape index (κ1) is 23.5. The number of carbonyl (C=O) groups excluding carboxylic acids is 1. The third-order valence-electron chi connectivity index (χ3n) is 6.63. The Balaban J connectivity index is 1.48. The Morgan fingerprint density at radius 3 is 2.78 bits per heavy atom. The molecule has 171 valence electrons. The van der Waals surface area contributed by atoms with Crippen molar-refractivity contribution in [1.82, 2.24) is 20.2 Å². The van der Waals surface area contributed by atoms with Crippen molar-refractivity contribution in [2.45, 2.75) is 50.2 Å². The zero-order valence-corrected chi connectivity index (χ0v) is 21.5. The fraction of sp³-hybridized carbons (Fsp3) is 0.542. The van der Waals surface area contributed by atoms with E-state index < -0.39 is 0 Å². The normalized spacial score (nSPS) is 21.8. The summed E-state index contributed by atoms with van der Waals surface area (Å²) >= 11 is 6.16. The molecule has 1 fully saturated rings. The summed E-state index contributed by atoms with van der Waals surface area (Å²) < 4.78 is 1.27. The van der Waals surface area contributed by atoms with Gasteiger partial charge in [0.2, 0.25) is 0 Å². The first-order chi connectivity index (χ1) is 15.6. The van der Waals surface area contributed by atoms with Gasteiger partial charge in [-0.05, 0) is 0 Å². The molecule has 2 atom stereocenters. The third kappa shape index (κ3) is 5.65. The zero-order chi connectivity index (χ0) is 22.5. The SMILES string of the molecule is CCN1CCc2ccc(Nc3ncc(Cl)c([As][C@@H]4CCCC[C@@H]4C(=O)NC)n3)cc2CC1. The molecule has 1 aliphatic heterocycles. The molecule has 32 heavy (non-hydrogen) atoms. The van der Waals surface area contributed by atoms with E-state index in [0.717, 1.165) is 61.9 Å². The molecule has 0 unspecified atom stereocenters. The van der Waals surface area contributed by atoms with Gasteiger partial charge in [-0.15, -0.1) is 0 Å². The van der Waals surface area contributed by atoms with Gasteiger partial charge in [0.25, 0.3) is 0 Å². The average Bonchev–Trinajstić information content (AvgIpc) is 3.03. The summed E-state index contributed by atoms with van der Waals surface area (Å²) in [7, 11) is 1.73. The number of hydrogen-bond donors (Lipinski definition) is 2. The fourth-order valence-electron chi connectivity index (χ4n) is 4.72. The van der Waals surface area contributed by atoms with Crippen LogP contribution in [0.15, 0.2) is 24.4 Å². The van der Waals surface area contributed by atoms with Crippen molar-refractivity contribution in [1.29, 1.82) is 0 Å². The average molecular weight is 517 g/mol. The van der Waals surface area contributed by atoms with E-state index in [1.165, 1.54) is 17.5 Å². The molecule has 1 aromatic carbocycles. The van der Waals surface area contributed by atoms with Crippen LogP contribution in [0.1, 0.15) is 43.7 Å². The van der Waals surface area contributed by atoms with Crippen LogP contribution in [0, 0.1) is 5.92 Å². The van der Waals surface area contributed by atoms with Gasteiger partial charge >= 0.3 is 203 Å². The molecule has 2 aromatic rings. The number of nitrogens with zero attached hydrogens (tertiary/aromatic N) is 3. The summed E-state index contributed by atoms with van der Waals surface area (Å²) in [6.07, 6.45) is 8.18. The monoisotopic (exact) mass is 516 g/mol. The van der Waals surface area contributed by atoms with Crippen LogP contribution in [0.3, 0.4) is 0 Å². The number of halogens is 1. The van der Waals surface area contributed by atoms with Crippen molar-refractivity contribution in [3.63, 3.8) is 0 Å². The van der Waals surface area contributed by atoms with Crippen LogP contribution in [-0.2, 0) is 17.6 Å². The van der Waals surface area contributed by atoms with Crippen LogP contribution in [-0.4, -0.2) is 63.2 Å². The number of benzene rings is 1. The van der Waals surface area contributed by atoms with Crippen LogP contribution >= 0.6 is 11.6 Å². The first-order valence-electron chi connectivity index (χ1n) is 11.6. The predicted molar refractivity (Wildman–Crippen MR) is 131 cm³/mol. The molecule has 6 nitrogen and oxygen atoms in total. The molecule has 0 bridgehead atoms. The van der Waals surface area contributed by atoms with E-state index in [0.29, 0.717) is 15.7 Å². The van der Waals surface area contributed by atoms with Gasteiger partial charge in [0, 0.05) is 0 Å². The number of fused-ring (bicyclic) bond motifs is 1. The maximum absolute atomic E-state index is 12.4. The van der Waals surface area contributed by atoms with Gasteiger partial charge < -0.3 is 0 Å². The molecule has 0 saturated heterocycles. The van der Waals surface area contributed by atoms with Crippen LogP contribution in [0.4, 0.5) is 11.6 Å². The van der Waals surface area contributed by atoms with Crippen molar-refractivity contribution in [3.05, 3.63) is 40.5 Å². The van der Waals surface area contributed by atoms with Gasteiger partial charge in [-0.1, -0.05) is 0 Å². The van der Waals surface area contributed by atoms with Crippen LogP contribution < -0.4 is 15.1 Å². The molecule has 2 aliphatic rings. The molecule has 1 saturated carbocycles. The van der Waals surface area contributed by atoms with Gasteiger partial charge in [-0.3, -0.25) is 0 Å². The van der Waals surface area contributed by atoms with Crippen LogP contribution in [0.5, 0.6) is 0 Å².